The maximum absolute atomic E-state index is 10.3. The summed E-state index contributed by atoms with van der Waals surface area (Å²) in [6, 6.07) is 17.0. The van der Waals surface area contributed by atoms with Crippen molar-refractivity contribution in [2.75, 3.05) is 0 Å². The Morgan fingerprint density at radius 1 is 0.656 bits per heavy atom. The van der Waals surface area contributed by atoms with Crippen LogP contribution >= 0.6 is 23.2 Å². The van der Waals surface area contributed by atoms with Crippen LogP contribution in [-0.4, -0.2) is 25.4 Å². The number of aromatic nitrogens is 4. The largest absolute Gasteiger partial charge is 2.00 e. The van der Waals surface area contributed by atoms with Crippen molar-refractivity contribution in [1.82, 2.24) is 19.9 Å². The second kappa shape index (κ2) is 15.2. The van der Waals surface area contributed by atoms with E-state index < -0.39 is 0 Å². The van der Waals surface area contributed by atoms with E-state index in [2.05, 4.69) is 33.8 Å². The van der Waals surface area contributed by atoms with Crippen LogP contribution in [0.1, 0.15) is 11.1 Å². The van der Waals surface area contributed by atoms with Crippen LogP contribution in [0, 0.1) is 13.8 Å². The van der Waals surface area contributed by atoms with E-state index >= 15 is 0 Å². The molecule has 0 fully saturated rings. The van der Waals surface area contributed by atoms with Crippen molar-refractivity contribution in [3.05, 3.63) is 94.5 Å². The van der Waals surface area contributed by atoms with Crippen molar-refractivity contribution in [3.63, 3.8) is 0 Å². The summed E-state index contributed by atoms with van der Waals surface area (Å²) in [4.78, 5) is 15.3. The molecule has 0 unspecified atom stereocenters. The molecule has 4 heterocycles. The van der Waals surface area contributed by atoms with E-state index in [0.717, 1.165) is 11.4 Å². The number of hydrogen-bond acceptors (Lipinski definition) is 6. The van der Waals surface area contributed by atoms with Gasteiger partial charge in [0.25, 0.3) is 0 Å². The zero-order valence-electron chi connectivity index (χ0n) is 17.5. The minimum absolute atomic E-state index is 0. The summed E-state index contributed by atoms with van der Waals surface area (Å²) in [7, 11) is 0. The van der Waals surface area contributed by atoms with Crippen LogP contribution in [0.2, 0.25) is 10.3 Å². The molecule has 0 aliphatic rings. The van der Waals surface area contributed by atoms with Gasteiger partial charge in [-0.25, -0.2) is 0 Å². The van der Waals surface area contributed by atoms with Crippen LogP contribution in [0.5, 0.6) is 11.8 Å². The maximum atomic E-state index is 10.3. The molecule has 4 rings (SSSR count). The van der Waals surface area contributed by atoms with E-state index in [1.165, 1.54) is 23.3 Å². The molecule has 4 aromatic rings. The van der Waals surface area contributed by atoms with Crippen LogP contribution in [-0.2, 0) is 19.5 Å². The molecule has 0 spiro atoms. The van der Waals surface area contributed by atoms with Crippen molar-refractivity contribution in [2.45, 2.75) is 13.8 Å². The zero-order chi connectivity index (χ0) is 21.9. The Morgan fingerprint density at radius 2 is 1.03 bits per heavy atom. The molecule has 32 heavy (non-hydrogen) atoms. The monoisotopic (exact) mass is 522 g/mol. The van der Waals surface area contributed by atoms with Crippen molar-refractivity contribution in [1.29, 1.82) is 0 Å². The van der Waals surface area contributed by atoms with Gasteiger partial charge in [0.1, 0.15) is 10.3 Å². The molecule has 0 atom stereocenters. The topological polar surface area (TPSA) is 129 Å². The first-order chi connectivity index (χ1) is 14.3. The Kier molecular flexibility index (Phi) is 14.0. The first-order valence-corrected chi connectivity index (χ1v) is 9.54. The zero-order valence-corrected chi connectivity index (χ0v) is 22.0. The van der Waals surface area contributed by atoms with Crippen molar-refractivity contribution in [2.24, 2.45) is 0 Å². The fourth-order valence-corrected chi connectivity index (χ4v) is 2.44. The van der Waals surface area contributed by atoms with Gasteiger partial charge in [-0.2, -0.15) is 0 Å². The minimum Gasteiger partial charge on any atom is -0.859 e. The van der Waals surface area contributed by atoms with Crippen molar-refractivity contribution in [3.8, 4) is 23.1 Å². The third-order valence-corrected chi connectivity index (χ3v) is 3.89. The fraction of sp³-hybridized carbons (Fsp3) is 0.0909. The number of aryl methyl sites for hydroxylation is 2. The maximum Gasteiger partial charge on any atom is 2.00 e. The Hall–Kier alpha value is -2.64. The number of rotatable bonds is 1. The molecule has 162 valence electrons. The number of hydrogen-bond donors (Lipinski definition) is 0. The van der Waals surface area contributed by atoms with Gasteiger partial charge in [0, 0.05) is 12.4 Å². The van der Waals surface area contributed by atoms with Gasteiger partial charge in [0.05, 0.1) is 11.4 Å². The summed E-state index contributed by atoms with van der Waals surface area (Å²) in [6.45, 7) is 4.11. The first kappa shape index (κ1) is 29.4. The van der Waals surface area contributed by atoms with Crippen LogP contribution in [0.3, 0.4) is 0 Å². The molecular weight excluding hydrogens is 505 g/mol. The Morgan fingerprint density at radius 3 is 1.28 bits per heavy atom. The standard InChI is InChI=1S/C12H12N2.2C5H4ClNO.H2O.Zn/c1-9-3-5-13-11(7-9)12-8-10(2)4-6-14-12;2*6-4-2-1-3-5(8)7-4;;/h3-8H,1-2H3;2*1-3H,(H,7,8);1H2;/q;;;;+2/p-2. The molecule has 4 aromatic heterocycles. The minimum atomic E-state index is -0.294. The van der Waals surface area contributed by atoms with Gasteiger partial charge < -0.3 is 15.7 Å². The summed E-state index contributed by atoms with van der Waals surface area (Å²) in [6.07, 6.45) is 3.63. The molecule has 0 aliphatic heterocycles. The summed E-state index contributed by atoms with van der Waals surface area (Å²) in [5, 5.41) is 21.1. The van der Waals surface area contributed by atoms with E-state index in [9.17, 15) is 10.2 Å². The van der Waals surface area contributed by atoms with Crippen molar-refractivity contribution < 1.29 is 35.2 Å². The quantitative estimate of drug-likeness (QED) is 0.277. The van der Waals surface area contributed by atoms with Crippen LogP contribution in [0.25, 0.3) is 11.4 Å². The Labute approximate surface area is 209 Å². The third kappa shape index (κ3) is 11.1. The smallest absolute Gasteiger partial charge is 0.859 e. The average Bonchev–Trinajstić information content (AvgIpc) is 2.69. The predicted molar refractivity (Wildman–Crippen MR) is 118 cm³/mol. The van der Waals surface area contributed by atoms with Crippen LogP contribution < -0.4 is 10.2 Å². The second-order valence-corrected chi connectivity index (χ2v) is 6.81. The van der Waals surface area contributed by atoms with E-state index in [0.29, 0.717) is 0 Å². The van der Waals surface area contributed by atoms with Crippen LogP contribution in [0.15, 0.2) is 73.1 Å². The molecule has 0 amide bonds. The van der Waals surface area contributed by atoms with E-state index in [1.54, 1.807) is 24.3 Å². The average molecular weight is 525 g/mol. The van der Waals surface area contributed by atoms with Crippen LogP contribution in [0.4, 0.5) is 0 Å². The molecule has 2 N–H and O–H groups in total. The van der Waals surface area contributed by atoms with Gasteiger partial charge in [0.15, 0.2) is 0 Å². The van der Waals surface area contributed by atoms with Gasteiger partial charge in [-0.1, -0.05) is 47.5 Å². The Bertz CT molecular complexity index is 982. The summed E-state index contributed by atoms with van der Waals surface area (Å²) < 4.78 is 0. The Balaban J connectivity index is 0.000000465. The summed E-state index contributed by atoms with van der Waals surface area (Å²) >= 11 is 10.7. The van der Waals surface area contributed by atoms with Gasteiger partial charge in [-0.3, -0.25) is 19.9 Å². The SMILES string of the molecule is Cc1ccnc(-c2cc(C)ccn2)c1.O.[O-]c1cccc(Cl)n1.[O-]c1cccc(Cl)n1.[Zn+2]. The van der Waals surface area contributed by atoms with E-state index in [-0.39, 0.29) is 47.0 Å². The molecule has 0 aromatic carbocycles. The molecule has 0 saturated heterocycles. The molecule has 0 radical (unpaired) electrons. The van der Waals surface area contributed by atoms with E-state index in [1.807, 2.05) is 36.7 Å². The second-order valence-electron chi connectivity index (χ2n) is 6.03. The molecule has 7 nitrogen and oxygen atoms in total. The molecule has 0 bridgehead atoms. The van der Waals surface area contributed by atoms with Gasteiger partial charge >= 0.3 is 19.5 Å². The number of halogens is 2. The number of nitrogens with zero attached hydrogens (tertiary/aromatic N) is 4. The summed E-state index contributed by atoms with van der Waals surface area (Å²) in [5.41, 5.74) is 4.29. The normalized spacial score (nSPS) is 9.00. The fourth-order valence-electron chi connectivity index (χ4n) is 2.13. The molecule has 10 heteroatoms. The predicted octanol–water partition coefficient (Wildman–Crippen LogP) is 3.55. The van der Waals surface area contributed by atoms with E-state index in [4.69, 9.17) is 23.2 Å². The van der Waals surface area contributed by atoms with Gasteiger partial charge in [-0.05, 0) is 73.1 Å². The molecule has 0 aliphatic carbocycles. The summed E-state index contributed by atoms with van der Waals surface area (Å²) in [5.74, 6) is -0.588. The third-order valence-electron chi connectivity index (χ3n) is 3.47. The molecular formula is C22H20Cl2N4O3Zn. The van der Waals surface area contributed by atoms with Gasteiger partial charge in [0.2, 0.25) is 0 Å². The molecule has 0 saturated carbocycles. The van der Waals surface area contributed by atoms with Crippen molar-refractivity contribution >= 4 is 23.2 Å². The van der Waals surface area contributed by atoms with Gasteiger partial charge in [-0.15, -0.1) is 0 Å². The number of pyridine rings is 4. The first-order valence-electron chi connectivity index (χ1n) is 8.78.